The van der Waals surface area contributed by atoms with Crippen LogP contribution >= 0.6 is 15.9 Å². The Hall–Kier alpha value is -1.35. The molecule has 1 nitrogen and oxygen atoms in total. The van der Waals surface area contributed by atoms with Crippen LogP contribution in [-0.2, 0) is 0 Å². The molecule has 0 saturated carbocycles. The third-order valence-electron chi connectivity index (χ3n) is 2.11. The van der Waals surface area contributed by atoms with Gasteiger partial charge in [-0.05, 0) is 42.8 Å². The highest BCUT2D eigenvalue weighted by Crippen LogP contribution is 2.27. The average molecular weight is 281 g/mol. The lowest BCUT2D eigenvalue weighted by atomic mass is 10.2. The first kappa shape index (κ1) is 11.1. The summed E-state index contributed by atoms with van der Waals surface area (Å²) >= 11 is 3.33. The molecular formula is C13H10BrFO. The molecule has 0 aromatic heterocycles. The highest BCUT2D eigenvalue weighted by atomic mass is 79.9. The predicted octanol–water partition coefficient (Wildman–Crippen LogP) is 4.69. The highest BCUT2D eigenvalue weighted by molar-refractivity contribution is 9.10. The molecule has 2 aromatic carbocycles. The van der Waals surface area contributed by atoms with Crippen molar-refractivity contribution in [3.05, 3.63) is 58.3 Å². The Labute approximate surface area is 102 Å². The van der Waals surface area contributed by atoms with Gasteiger partial charge in [-0.25, -0.2) is 4.39 Å². The molecule has 0 aliphatic carbocycles. The van der Waals surface area contributed by atoms with Crippen molar-refractivity contribution < 1.29 is 9.13 Å². The van der Waals surface area contributed by atoms with Gasteiger partial charge in [0.05, 0.1) is 0 Å². The Balaban J connectivity index is 2.30. The first-order valence-electron chi connectivity index (χ1n) is 4.85. The van der Waals surface area contributed by atoms with Crippen LogP contribution in [0.25, 0.3) is 0 Å². The molecule has 0 radical (unpaired) electrons. The van der Waals surface area contributed by atoms with Gasteiger partial charge in [0, 0.05) is 4.47 Å². The number of hydrogen-bond acceptors (Lipinski definition) is 1. The van der Waals surface area contributed by atoms with Crippen molar-refractivity contribution in [3.8, 4) is 11.5 Å². The molecule has 0 heterocycles. The molecule has 3 heteroatoms. The standard InChI is InChI=1S/C13H10BrFO/c1-9-5-6-12(15)13(7-9)16-11-4-2-3-10(14)8-11/h2-8H,1H3. The molecule has 16 heavy (non-hydrogen) atoms. The normalized spacial score (nSPS) is 10.2. The Morgan fingerprint density at radius 2 is 1.94 bits per heavy atom. The number of aryl methyl sites for hydroxylation is 1. The molecule has 0 spiro atoms. The molecule has 0 bridgehead atoms. The molecule has 82 valence electrons. The monoisotopic (exact) mass is 280 g/mol. The Kier molecular flexibility index (Phi) is 3.25. The molecule has 0 saturated heterocycles. The predicted molar refractivity (Wildman–Crippen MR) is 65.4 cm³/mol. The van der Waals surface area contributed by atoms with Crippen molar-refractivity contribution in [2.45, 2.75) is 6.92 Å². The third-order valence-corrected chi connectivity index (χ3v) is 2.60. The summed E-state index contributed by atoms with van der Waals surface area (Å²) in [5.41, 5.74) is 0.964. The van der Waals surface area contributed by atoms with Crippen molar-refractivity contribution in [1.82, 2.24) is 0 Å². The molecule has 0 amide bonds. The van der Waals surface area contributed by atoms with Gasteiger partial charge in [-0.3, -0.25) is 0 Å². The van der Waals surface area contributed by atoms with Crippen molar-refractivity contribution in [3.63, 3.8) is 0 Å². The largest absolute Gasteiger partial charge is 0.454 e. The molecule has 0 fully saturated rings. The van der Waals surface area contributed by atoms with Crippen LogP contribution in [0.3, 0.4) is 0 Å². The van der Waals surface area contributed by atoms with Gasteiger partial charge in [0.1, 0.15) is 5.75 Å². The van der Waals surface area contributed by atoms with Gasteiger partial charge in [0.2, 0.25) is 0 Å². The Morgan fingerprint density at radius 3 is 2.69 bits per heavy atom. The van der Waals surface area contributed by atoms with E-state index in [1.807, 2.05) is 19.1 Å². The number of hydrogen-bond donors (Lipinski definition) is 0. The lowest BCUT2D eigenvalue weighted by Gasteiger charge is -2.07. The van der Waals surface area contributed by atoms with E-state index >= 15 is 0 Å². The molecule has 2 rings (SSSR count). The Bertz CT molecular complexity index is 511. The fourth-order valence-electron chi connectivity index (χ4n) is 1.35. The van der Waals surface area contributed by atoms with Gasteiger partial charge in [-0.1, -0.05) is 28.1 Å². The number of halogens is 2. The minimum absolute atomic E-state index is 0.248. The van der Waals surface area contributed by atoms with Crippen molar-refractivity contribution in [2.24, 2.45) is 0 Å². The summed E-state index contributed by atoms with van der Waals surface area (Å²) < 4.78 is 19.8. The lowest BCUT2D eigenvalue weighted by Crippen LogP contribution is -1.89. The summed E-state index contributed by atoms with van der Waals surface area (Å²) in [5, 5.41) is 0. The lowest BCUT2D eigenvalue weighted by molar-refractivity contribution is 0.441. The summed E-state index contributed by atoms with van der Waals surface area (Å²) in [6.45, 7) is 1.90. The van der Waals surface area contributed by atoms with Crippen molar-refractivity contribution in [2.75, 3.05) is 0 Å². The van der Waals surface area contributed by atoms with Crippen LogP contribution in [0, 0.1) is 12.7 Å². The molecule has 0 N–H and O–H groups in total. The van der Waals surface area contributed by atoms with Gasteiger partial charge in [-0.2, -0.15) is 0 Å². The van der Waals surface area contributed by atoms with E-state index in [9.17, 15) is 4.39 Å². The van der Waals surface area contributed by atoms with Crippen LogP contribution in [0.4, 0.5) is 4.39 Å². The van der Waals surface area contributed by atoms with E-state index in [1.165, 1.54) is 6.07 Å². The van der Waals surface area contributed by atoms with Gasteiger partial charge in [-0.15, -0.1) is 0 Å². The molecule has 0 aliphatic heterocycles. The van der Waals surface area contributed by atoms with Crippen LogP contribution in [0.15, 0.2) is 46.9 Å². The topological polar surface area (TPSA) is 9.23 Å². The first-order valence-corrected chi connectivity index (χ1v) is 5.64. The van der Waals surface area contributed by atoms with Gasteiger partial charge < -0.3 is 4.74 Å². The smallest absolute Gasteiger partial charge is 0.165 e. The van der Waals surface area contributed by atoms with Gasteiger partial charge in [0.25, 0.3) is 0 Å². The van der Waals surface area contributed by atoms with E-state index in [4.69, 9.17) is 4.74 Å². The third kappa shape index (κ3) is 2.61. The zero-order valence-corrected chi connectivity index (χ0v) is 10.3. The quantitative estimate of drug-likeness (QED) is 0.776. The van der Waals surface area contributed by atoms with Gasteiger partial charge in [0.15, 0.2) is 11.6 Å². The summed E-state index contributed by atoms with van der Waals surface area (Å²) in [7, 11) is 0. The molecule has 0 aliphatic rings. The first-order chi connectivity index (χ1) is 7.65. The zero-order valence-electron chi connectivity index (χ0n) is 8.71. The zero-order chi connectivity index (χ0) is 11.5. The average Bonchev–Trinajstić information content (AvgIpc) is 2.24. The van der Waals surface area contributed by atoms with E-state index in [1.54, 1.807) is 24.3 Å². The van der Waals surface area contributed by atoms with Crippen LogP contribution in [-0.4, -0.2) is 0 Å². The van der Waals surface area contributed by atoms with Crippen LogP contribution in [0.1, 0.15) is 5.56 Å². The van der Waals surface area contributed by atoms with E-state index in [2.05, 4.69) is 15.9 Å². The van der Waals surface area contributed by atoms with Gasteiger partial charge >= 0.3 is 0 Å². The minimum atomic E-state index is -0.356. The fourth-order valence-corrected chi connectivity index (χ4v) is 1.72. The summed E-state index contributed by atoms with van der Waals surface area (Å²) in [5.74, 6) is 0.502. The van der Waals surface area contributed by atoms with E-state index in [0.29, 0.717) is 5.75 Å². The molecule has 0 atom stereocenters. The Morgan fingerprint density at radius 1 is 1.12 bits per heavy atom. The number of ether oxygens (including phenoxy) is 1. The van der Waals surface area contributed by atoms with Crippen LogP contribution in [0.5, 0.6) is 11.5 Å². The van der Waals surface area contributed by atoms with E-state index < -0.39 is 0 Å². The van der Waals surface area contributed by atoms with Crippen molar-refractivity contribution >= 4 is 15.9 Å². The number of rotatable bonds is 2. The van der Waals surface area contributed by atoms with Crippen LogP contribution < -0.4 is 4.74 Å². The summed E-state index contributed by atoms with van der Waals surface area (Å²) in [6, 6.07) is 12.1. The molecule has 2 aromatic rings. The van der Waals surface area contributed by atoms with Crippen molar-refractivity contribution in [1.29, 1.82) is 0 Å². The van der Waals surface area contributed by atoms with Crippen LogP contribution in [0.2, 0.25) is 0 Å². The maximum absolute atomic E-state index is 13.4. The maximum atomic E-state index is 13.4. The van der Waals surface area contributed by atoms with E-state index in [0.717, 1.165) is 10.0 Å². The van der Waals surface area contributed by atoms with E-state index in [-0.39, 0.29) is 11.6 Å². The minimum Gasteiger partial charge on any atom is -0.454 e. The second-order valence-electron chi connectivity index (χ2n) is 3.49. The second-order valence-corrected chi connectivity index (χ2v) is 4.41. The SMILES string of the molecule is Cc1ccc(F)c(Oc2cccc(Br)c2)c1. The fraction of sp³-hybridized carbons (Fsp3) is 0.0769. The summed E-state index contributed by atoms with van der Waals surface area (Å²) in [4.78, 5) is 0. The second kappa shape index (κ2) is 4.66. The number of benzene rings is 2. The summed E-state index contributed by atoms with van der Waals surface area (Å²) in [6.07, 6.45) is 0. The molecule has 0 unspecified atom stereocenters. The maximum Gasteiger partial charge on any atom is 0.165 e. The molecular weight excluding hydrogens is 271 g/mol. The highest BCUT2D eigenvalue weighted by Gasteiger charge is 2.04.